The maximum Gasteiger partial charge on any atom is 0.160 e. The quantitative estimate of drug-likeness (QED) is 0.390. The molecule has 0 amide bonds. The molecule has 0 radical (unpaired) electrons. The van der Waals surface area contributed by atoms with E-state index in [4.69, 9.17) is 4.74 Å². The lowest BCUT2D eigenvalue weighted by molar-refractivity contribution is -0.134. The first-order chi connectivity index (χ1) is 12.4. The predicted octanol–water partition coefficient (Wildman–Crippen LogP) is 7.25. The van der Waals surface area contributed by atoms with Gasteiger partial charge in [-0.1, -0.05) is 41.5 Å². The van der Waals surface area contributed by atoms with Crippen LogP contribution >= 0.6 is 0 Å². The molecule has 0 aromatic carbocycles. The molecular formula is C25H54O4S. The van der Waals surface area contributed by atoms with Crippen molar-refractivity contribution in [2.45, 2.75) is 145 Å². The molecule has 0 aromatic heterocycles. The lowest BCUT2D eigenvalue weighted by atomic mass is 9.76. The van der Waals surface area contributed by atoms with Gasteiger partial charge in [0.1, 0.15) is 5.78 Å². The van der Waals surface area contributed by atoms with Crippen LogP contribution in [-0.2, 0) is 19.4 Å². The molecule has 0 spiro atoms. The van der Waals surface area contributed by atoms with Crippen LogP contribution in [0.5, 0.6) is 0 Å². The van der Waals surface area contributed by atoms with Crippen LogP contribution in [0.4, 0.5) is 0 Å². The molecule has 0 aliphatic heterocycles. The van der Waals surface area contributed by atoms with E-state index in [1.807, 2.05) is 41.5 Å². The van der Waals surface area contributed by atoms with E-state index in [0.29, 0.717) is 5.78 Å². The van der Waals surface area contributed by atoms with E-state index in [-0.39, 0.29) is 22.0 Å². The van der Waals surface area contributed by atoms with Crippen molar-refractivity contribution in [3.05, 3.63) is 0 Å². The van der Waals surface area contributed by atoms with E-state index in [9.17, 15) is 13.2 Å². The Morgan fingerprint density at radius 2 is 0.700 bits per heavy atom. The standard InChI is InChI=1S/C9H18O.C8H18O2S.C8H18O/c1-8(2,3)7(10)9(4,5)6;1-7(2,3)11(9,10)8(4,5)6;1-7(2,3)9-8(4,5)6/h1-6H3;1-6H3;1-6H3. The summed E-state index contributed by atoms with van der Waals surface area (Å²) >= 11 is 0. The van der Waals surface area contributed by atoms with Crippen molar-refractivity contribution in [2.24, 2.45) is 10.8 Å². The van der Waals surface area contributed by atoms with Gasteiger partial charge in [0.15, 0.2) is 9.84 Å². The zero-order valence-corrected chi connectivity index (χ0v) is 24.4. The largest absolute Gasteiger partial charge is 0.370 e. The monoisotopic (exact) mass is 450 g/mol. The smallest absolute Gasteiger partial charge is 0.160 e. The highest BCUT2D eigenvalue weighted by Gasteiger charge is 2.39. The summed E-state index contributed by atoms with van der Waals surface area (Å²) in [5.41, 5.74) is -0.424. The lowest BCUT2D eigenvalue weighted by Crippen LogP contribution is -2.41. The van der Waals surface area contributed by atoms with E-state index in [0.717, 1.165) is 0 Å². The van der Waals surface area contributed by atoms with Crippen LogP contribution in [-0.4, -0.2) is 34.9 Å². The van der Waals surface area contributed by atoms with E-state index in [2.05, 4.69) is 41.5 Å². The van der Waals surface area contributed by atoms with Crippen molar-refractivity contribution in [1.82, 2.24) is 0 Å². The summed E-state index contributed by atoms with van der Waals surface area (Å²) < 4.78 is 27.7. The molecule has 0 aromatic rings. The molecule has 0 heterocycles. The van der Waals surface area contributed by atoms with Gasteiger partial charge < -0.3 is 4.74 Å². The number of carbonyl (C=O) groups is 1. The van der Waals surface area contributed by atoms with E-state index >= 15 is 0 Å². The third-order valence-corrected chi connectivity index (χ3v) is 6.81. The molecule has 30 heavy (non-hydrogen) atoms. The molecule has 0 fully saturated rings. The SMILES string of the molecule is CC(C)(C)C(=O)C(C)(C)C.CC(C)(C)OC(C)(C)C.CC(C)(C)S(=O)(=O)C(C)(C)C. The molecule has 0 unspecified atom stereocenters. The maximum absolute atomic E-state index is 11.7. The molecule has 0 saturated carbocycles. The molecule has 0 atom stereocenters. The second kappa shape index (κ2) is 10.5. The van der Waals surface area contributed by atoms with Crippen molar-refractivity contribution in [3.8, 4) is 0 Å². The Morgan fingerprint density at radius 1 is 0.500 bits per heavy atom. The number of ketones is 1. The summed E-state index contributed by atoms with van der Waals surface area (Å²) in [5, 5.41) is 0. The number of carbonyl (C=O) groups excluding carboxylic acids is 1. The Hall–Kier alpha value is -0.420. The predicted molar refractivity (Wildman–Crippen MR) is 133 cm³/mol. The molecule has 0 rings (SSSR count). The van der Waals surface area contributed by atoms with E-state index < -0.39 is 19.3 Å². The summed E-state index contributed by atoms with van der Waals surface area (Å²) in [5.74, 6) is 0.319. The lowest BCUT2D eigenvalue weighted by Gasteiger charge is -2.30. The fourth-order valence-electron chi connectivity index (χ4n) is 2.96. The molecule has 0 N–H and O–H groups in total. The first kappa shape index (κ1) is 34.2. The van der Waals surface area contributed by atoms with Gasteiger partial charge in [0.2, 0.25) is 0 Å². The Bertz CT molecular complexity index is 568. The zero-order chi connectivity index (χ0) is 25.8. The summed E-state index contributed by atoms with van der Waals surface area (Å²) in [6.07, 6.45) is 0. The number of ether oxygens (including phenoxy) is 1. The normalized spacial score (nSPS) is 14.2. The Labute approximate surface area is 189 Å². The fraction of sp³-hybridized carbons (Fsp3) is 0.960. The average Bonchev–Trinajstić information content (AvgIpc) is 2.29. The molecule has 184 valence electrons. The number of rotatable bonds is 0. The highest BCUT2D eigenvalue weighted by Crippen LogP contribution is 2.28. The third kappa shape index (κ3) is 15.4. The van der Waals surface area contributed by atoms with E-state index in [1.165, 1.54) is 0 Å². The summed E-state index contributed by atoms with van der Waals surface area (Å²) in [4.78, 5) is 11.5. The molecule has 0 aliphatic carbocycles. The molecule has 0 bridgehead atoms. The molecule has 0 aliphatic rings. The second-order valence-electron chi connectivity index (χ2n) is 13.9. The van der Waals surface area contributed by atoms with Crippen LogP contribution in [0.15, 0.2) is 0 Å². The molecule has 4 nitrogen and oxygen atoms in total. The van der Waals surface area contributed by atoms with Crippen molar-refractivity contribution in [1.29, 1.82) is 0 Å². The second-order valence-corrected chi connectivity index (χ2v) is 17.3. The van der Waals surface area contributed by atoms with Crippen LogP contribution < -0.4 is 0 Å². The first-order valence-corrected chi connectivity index (χ1v) is 12.3. The summed E-state index contributed by atoms with van der Waals surface area (Å²) in [6, 6.07) is 0. The number of hydrogen-bond donors (Lipinski definition) is 0. The highest BCUT2D eigenvalue weighted by atomic mass is 32.2. The van der Waals surface area contributed by atoms with Gasteiger partial charge in [-0.15, -0.1) is 0 Å². The Kier molecular flexibility index (Phi) is 11.9. The van der Waals surface area contributed by atoms with Crippen LogP contribution in [0, 0.1) is 10.8 Å². The summed E-state index contributed by atoms with van der Waals surface area (Å²) in [6.45, 7) is 34.5. The highest BCUT2D eigenvalue weighted by molar-refractivity contribution is 7.94. The number of sulfone groups is 1. The van der Waals surface area contributed by atoms with Gasteiger partial charge in [0.05, 0.1) is 20.7 Å². The summed E-state index contributed by atoms with van der Waals surface area (Å²) in [7, 11) is -3.01. The first-order valence-electron chi connectivity index (χ1n) is 10.9. The van der Waals surface area contributed by atoms with Crippen LogP contribution in [0.1, 0.15) is 125 Å². The van der Waals surface area contributed by atoms with Gasteiger partial charge in [0, 0.05) is 10.8 Å². The van der Waals surface area contributed by atoms with Crippen LogP contribution in [0.2, 0.25) is 0 Å². The minimum atomic E-state index is -3.01. The van der Waals surface area contributed by atoms with E-state index in [1.54, 1.807) is 41.5 Å². The van der Waals surface area contributed by atoms with Gasteiger partial charge in [-0.3, -0.25) is 4.79 Å². The number of Topliss-reactive ketones (excluding diaryl/α,β-unsaturated/α-hetero) is 1. The van der Waals surface area contributed by atoms with Crippen molar-refractivity contribution in [3.63, 3.8) is 0 Å². The fourth-order valence-corrected chi connectivity index (χ4v) is 4.80. The average molecular weight is 451 g/mol. The topological polar surface area (TPSA) is 60.4 Å². The molecular weight excluding hydrogens is 396 g/mol. The molecule has 5 heteroatoms. The number of hydrogen-bond acceptors (Lipinski definition) is 4. The van der Waals surface area contributed by atoms with Gasteiger partial charge in [0.25, 0.3) is 0 Å². The Balaban J connectivity index is -0.000000366. The van der Waals surface area contributed by atoms with Crippen molar-refractivity contribution in [2.75, 3.05) is 0 Å². The third-order valence-electron chi connectivity index (χ3n) is 3.59. The minimum Gasteiger partial charge on any atom is -0.370 e. The van der Waals surface area contributed by atoms with Crippen LogP contribution in [0.3, 0.4) is 0 Å². The van der Waals surface area contributed by atoms with Crippen molar-refractivity contribution < 1.29 is 17.9 Å². The van der Waals surface area contributed by atoms with Gasteiger partial charge >= 0.3 is 0 Å². The van der Waals surface area contributed by atoms with Gasteiger partial charge in [-0.2, -0.15) is 0 Å². The molecule has 0 saturated heterocycles. The minimum absolute atomic E-state index is 0.0156. The Morgan fingerprint density at radius 3 is 0.700 bits per heavy atom. The van der Waals surface area contributed by atoms with Gasteiger partial charge in [-0.05, 0) is 83.1 Å². The van der Waals surface area contributed by atoms with Crippen LogP contribution in [0.25, 0.3) is 0 Å². The zero-order valence-electron chi connectivity index (χ0n) is 23.5. The van der Waals surface area contributed by atoms with Crippen molar-refractivity contribution >= 4 is 15.6 Å². The van der Waals surface area contributed by atoms with Gasteiger partial charge in [-0.25, -0.2) is 8.42 Å². The maximum atomic E-state index is 11.7.